The normalized spacial score (nSPS) is 12.3. The molecule has 0 unspecified atom stereocenters. The summed E-state index contributed by atoms with van der Waals surface area (Å²) in [6, 6.07) is 0. The van der Waals surface area contributed by atoms with Crippen molar-refractivity contribution in [2.24, 2.45) is 0 Å². The molecule has 0 aliphatic rings. The van der Waals surface area contributed by atoms with Crippen molar-refractivity contribution < 1.29 is 13.2 Å². The summed E-state index contributed by atoms with van der Waals surface area (Å²) in [5.74, 6) is -0.348. The first kappa shape index (κ1) is 27.3. The van der Waals surface area contributed by atoms with Gasteiger partial charge in [-0.1, -0.05) is 70.4 Å². The van der Waals surface area contributed by atoms with Crippen molar-refractivity contribution in [2.45, 2.75) is 96.8 Å². The second-order valence-electron chi connectivity index (χ2n) is 8.27. The van der Waals surface area contributed by atoms with Gasteiger partial charge in [0.15, 0.2) is 9.84 Å². The van der Waals surface area contributed by atoms with E-state index in [1.54, 1.807) is 0 Å². The summed E-state index contributed by atoms with van der Waals surface area (Å²) in [7, 11) is 0.427. The summed E-state index contributed by atoms with van der Waals surface area (Å²) in [5.41, 5.74) is 0. The highest BCUT2D eigenvalue weighted by atomic mass is 32.2. The van der Waals surface area contributed by atoms with Gasteiger partial charge in [0, 0.05) is 13.0 Å². The number of hydrogen-bond donors (Lipinski definition) is 0. The molecule has 0 rings (SSSR count). The van der Waals surface area contributed by atoms with Crippen LogP contribution in [0.15, 0.2) is 12.2 Å². The van der Waals surface area contributed by atoms with Crippen LogP contribution in [0.1, 0.15) is 96.8 Å². The lowest BCUT2D eigenvalue weighted by Gasteiger charge is -2.09. The third-order valence-electron chi connectivity index (χ3n) is 4.95. The number of rotatable bonds is 20. The van der Waals surface area contributed by atoms with Crippen molar-refractivity contribution in [3.63, 3.8) is 0 Å². The van der Waals surface area contributed by atoms with Crippen molar-refractivity contribution in [1.82, 2.24) is 4.90 Å². The summed E-state index contributed by atoms with van der Waals surface area (Å²) in [6.07, 6.45) is 20.9. The molecule has 0 aromatic rings. The van der Waals surface area contributed by atoms with E-state index < -0.39 is 9.84 Å². The van der Waals surface area contributed by atoms with Crippen LogP contribution in [0.5, 0.6) is 0 Å². The molecule has 4 nitrogen and oxygen atoms in total. The molecular weight excluding hydrogens is 370 g/mol. The number of nitrogens with zero attached hydrogens (tertiary/aromatic N) is 1. The Balaban J connectivity index is 3.47. The van der Waals surface area contributed by atoms with Gasteiger partial charge < -0.3 is 4.90 Å². The Bertz CT molecular complexity index is 498. The highest BCUT2D eigenvalue weighted by molar-refractivity contribution is 7.92. The molecule has 0 N–H and O–H groups in total. The van der Waals surface area contributed by atoms with Gasteiger partial charge in [-0.05, 0) is 46.2 Å². The van der Waals surface area contributed by atoms with Crippen LogP contribution in [0.2, 0.25) is 0 Å². The molecule has 0 amide bonds. The van der Waals surface area contributed by atoms with Crippen LogP contribution in [-0.2, 0) is 14.6 Å². The van der Waals surface area contributed by atoms with E-state index in [1.165, 1.54) is 57.8 Å². The maximum absolute atomic E-state index is 11.9. The number of ketones is 1. The molecule has 0 aliphatic carbocycles. The number of unbranched alkanes of at least 4 members (excludes halogenated alkanes) is 11. The van der Waals surface area contributed by atoms with Crippen LogP contribution in [-0.4, -0.2) is 51.2 Å². The predicted molar refractivity (Wildman–Crippen MR) is 122 cm³/mol. The molecule has 0 bridgehead atoms. The molecule has 0 spiro atoms. The highest BCUT2D eigenvalue weighted by Crippen LogP contribution is 2.10. The number of hydrogen-bond acceptors (Lipinski definition) is 4. The van der Waals surface area contributed by atoms with E-state index >= 15 is 0 Å². The first-order valence-electron chi connectivity index (χ1n) is 11.4. The van der Waals surface area contributed by atoms with Crippen molar-refractivity contribution >= 4 is 15.6 Å². The Morgan fingerprint density at radius 1 is 0.786 bits per heavy atom. The Morgan fingerprint density at radius 3 is 1.82 bits per heavy atom. The van der Waals surface area contributed by atoms with Gasteiger partial charge in [-0.2, -0.15) is 0 Å². The Morgan fingerprint density at radius 2 is 1.29 bits per heavy atom. The van der Waals surface area contributed by atoms with E-state index in [1.807, 2.05) is 19.0 Å². The van der Waals surface area contributed by atoms with E-state index in [9.17, 15) is 13.2 Å². The fourth-order valence-electron chi connectivity index (χ4n) is 3.10. The predicted octanol–water partition coefficient (Wildman–Crippen LogP) is 5.57. The first-order chi connectivity index (χ1) is 13.4. The van der Waals surface area contributed by atoms with Gasteiger partial charge in [0.1, 0.15) is 11.5 Å². The van der Waals surface area contributed by atoms with Crippen LogP contribution in [0.3, 0.4) is 0 Å². The van der Waals surface area contributed by atoms with Gasteiger partial charge in [0.25, 0.3) is 0 Å². The lowest BCUT2D eigenvalue weighted by atomic mass is 10.1. The third kappa shape index (κ3) is 20.1. The zero-order valence-electron chi connectivity index (χ0n) is 18.8. The van der Waals surface area contributed by atoms with Gasteiger partial charge in [-0.25, -0.2) is 8.42 Å². The summed E-state index contributed by atoms with van der Waals surface area (Å²) in [6.45, 7) is 2.73. The fourth-order valence-corrected chi connectivity index (χ4v) is 4.53. The van der Waals surface area contributed by atoms with Crippen LogP contribution < -0.4 is 0 Å². The first-order valence-corrected chi connectivity index (χ1v) is 13.2. The quantitative estimate of drug-likeness (QED) is 0.193. The molecule has 0 fully saturated rings. The van der Waals surface area contributed by atoms with Gasteiger partial charge in [0.05, 0.1) is 5.75 Å². The average molecular weight is 416 g/mol. The van der Waals surface area contributed by atoms with Crippen LogP contribution >= 0.6 is 0 Å². The Hall–Kier alpha value is -0.680. The minimum atomic E-state index is -3.25. The number of Topliss-reactive ketones (excluding diaryl/α,β-unsaturated/α-hetero) is 1. The van der Waals surface area contributed by atoms with Crippen molar-refractivity contribution in [3.8, 4) is 0 Å². The molecule has 0 heterocycles. The molecule has 166 valence electrons. The highest BCUT2D eigenvalue weighted by Gasteiger charge is 2.16. The maximum atomic E-state index is 11.9. The standard InChI is InChI=1S/C23H45NO3S/c1-4-5-6-7-8-9-10-11-12-13-14-15-16-17-18-19-23(25)22-28(26,27)21-20-24(2)3/h11-12H,4-10,13-22H2,1-3H3/b12-11-. The van der Waals surface area contributed by atoms with Crippen molar-refractivity contribution in [1.29, 1.82) is 0 Å². The second kappa shape index (κ2) is 18.4. The van der Waals surface area contributed by atoms with E-state index in [0.717, 1.165) is 25.7 Å². The Kier molecular flexibility index (Phi) is 17.9. The minimum absolute atomic E-state index is 0.0676. The molecular formula is C23H45NO3S. The van der Waals surface area contributed by atoms with E-state index in [2.05, 4.69) is 19.1 Å². The molecule has 0 aliphatic heterocycles. The molecule has 28 heavy (non-hydrogen) atoms. The average Bonchev–Trinajstić information content (AvgIpc) is 2.63. The summed E-state index contributed by atoms with van der Waals surface area (Å²) in [4.78, 5) is 13.7. The zero-order chi connectivity index (χ0) is 21.1. The number of carbonyl (C=O) groups is 1. The summed E-state index contributed by atoms with van der Waals surface area (Å²) in [5, 5.41) is 0. The van der Waals surface area contributed by atoms with Gasteiger partial charge in [-0.3, -0.25) is 4.79 Å². The van der Waals surface area contributed by atoms with Crippen LogP contribution in [0.4, 0.5) is 0 Å². The molecule has 0 saturated carbocycles. The topological polar surface area (TPSA) is 54.5 Å². The lowest BCUT2D eigenvalue weighted by molar-refractivity contribution is -0.116. The maximum Gasteiger partial charge on any atom is 0.158 e. The molecule has 0 aromatic heterocycles. The monoisotopic (exact) mass is 415 g/mol. The molecule has 0 radical (unpaired) electrons. The SMILES string of the molecule is CCCCCCCC/C=C\CCCCCCCC(=O)CS(=O)(=O)CCN(C)C. The molecule has 0 aromatic carbocycles. The van der Waals surface area contributed by atoms with E-state index in [-0.39, 0.29) is 17.3 Å². The second-order valence-corrected chi connectivity index (χ2v) is 10.5. The summed E-state index contributed by atoms with van der Waals surface area (Å²) < 4.78 is 23.7. The fraction of sp³-hybridized carbons (Fsp3) is 0.870. The van der Waals surface area contributed by atoms with E-state index in [4.69, 9.17) is 0 Å². The minimum Gasteiger partial charge on any atom is -0.308 e. The van der Waals surface area contributed by atoms with E-state index in [0.29, 0.717) is 13.0 Å². The van der Waals surface area contributed by atoms with Crippen molar-refractivity contribution in [3.05, 3.63) is 12.2 Å². The molecule has 5 heteroatoms. The molecule has 0 atom stereocenters. The lowest BCUT2D eigenvalue weighted by Crippen LogP contribution is -2.26. The number of sulfone groups is 1. The zero-order valence-corrected chi connectivity index (χ0v) is 19.6. The third-order valence-corrected chi connectivity index (χ3v) is 6.51. The smallest absolute Gasteiger partial charge is 0.158 e. The van der Waals surface area contributed by atoms with Gasteiger partial charge in [0.2, 0.25) is 0 Å². The Labute approximate surface area is 175 Å². The van der Waals surface area contributed by atoms with Crippen LogP contribution in [0.25, 0.3) is 0 Å². The number of allylic oxidation sites excluding steroid dienone is 2. The molecule has 0 saturated heterocycles. The van der Waals surface area contributed by atoms with Crippen LogP contribution in [0, 0.1) is 0 Å². The number of carbonyl (C=O) groups excluding carboxylic acids is 1. The van der Waals surface area contributed by atoms with Crippen molar-refractivity contribution in [2.75, 3.05) is 32.1 Å². The van der Waals surface area contributed by atoms with Gasteiger partial charge in [-0.15, -0.1) is 0 Å². The summed E-state index contributed by atoms with van der Waals surface area (Å²) >= 11 is 0. The largest absolute Gasteiger partial charge is 0.308 e. The van der Waals surface area contributed by atoms with Gasteiger partial charge >= 0.3 is 0 Å².